The van der Waals surface area contributed by atoms with E-state index in [0.717, 1.165) is 22.4 Å². The Morgan fingerprint density at radius 3 is 2.61 bits per heavy atom. The molecule has 1 amide bonds. The Balaban J connectivity index is 1.50. The van der Waals surface area contributed by atoms with Crippen LogP contribution in [-0.4, -0.2) is 40.2 Å². The zero-order valence-electron chi connectivity index (χ0n) is 15.6. The molecule has 28 heavy (non-hydrogen) atoms. The van der Waals surface area contributed by atoms with E-state index in [0.29, 0.717) is 12.3 Å². The molecule has 0 radical (unpaired) electrons. The number of H-pyrrole nitrogens is 1. The van der Waals surface area contributed by atoms with E-state index in [1.807, 2.05) is 31.2 Å². The standard InChI is InChI=1S/C20H21F2N3O2S/c1-13(19-23-16-5-3-4-6-17(16)24-19)28-12-18(26)25(2)11-14-7-9-15(10-8-14)27-20(21)22/h3-10,13,20H,11-12H2,1-2H3,(H,23,24). The van der Waals surface area contributed by atoms with Crippen LogP contribution in [0, 0.1) is 0 Å². The summed E-state index contributed by atoms with van der Waals surface area (Å²) in [7, 11) is 1.72. The van der Waals surface area contributed by atoms with E-state index in [2.05, 4.69) is 14.7 Å². The van der Waals surface area contributed by atoms with Crippen LogP contribution in [0.2, 0.25) is 0 Å². The van der Waals surface area contributed by atoms with Gasteiger partial charge in [0.15, 0.2) is 0 Å². The number of carbonyl (C=O) groups excluding carboxylic acids is 1. The van der Waals surface area contributed by atoms with Crippen molar-refractivity contribution in [2.75, 3.05) is 12.8 Å². The molecule has 3 aromatic rings. The van der Waals surface area contributed by atoms with Gasteiger partial charge in [0.25, 0.3) is 0 Å². The van der Waals surface area contributed by atoms with Crippen molar-refractivity contribution < 1.29 is 18.3 Å². The van der Waals surface area contributed by atoms with Gasteiger partial charge in [0.2, 0.25) is 5.91 Å². The normalized spacial score (nSPS) is 12.3. The summed E-state index contributed by atoms with van der Waals surface area (Å²) in [6, 6.07) is 14.1. The number of carbonyl (C=O) groups is 1. The van der Waals surface area contributed by atoms with Gasteiger partial charge < -0.3 is 14.6 Å². The van der Waals surface area contributed by atoms with Gasteiger partial charge >= 0.3 is 6.61 Å². The summed E-state index contributed by atoms with van der Waals surface area (Å²) in [4.78, 5) is 21.9. The highest BCUT2D eigenvalue weighted by Gasteiger charge is 2.16. The number of fused-ring (bicyclic) bond motifs is 1. The fourth-order valence-electron chi connectivity index (χ4n) is 2.69. The molecule has 2 aromatic carbocycles. The van der Waals surface area contributed by atoms with Crippen molar-refractivity contribution in [3.05, 3.63) is 59.9 Å². The van der Waals surface area contributed by atoms with E-state index >= 15 is 0 Å². The fraction of sp³-hybridized carbons (Fsp3) is 0.300. The Morgan fingerprint density at radius 2 is 1.93 bits per heavy atom. The molecule has 1 N–H and O–H groups in total. The van der Waals surface area contributed by atoms with E-state index in [-0.39, 0.29) is 16.9 Å². The second kappa shape index (κ2) is 9.05. The quantitative estimate of drug-likeness (QED) is 0.594. The number of nitrogens with zero attached hydrogens (tertiary/aromatic N) is 2. The maximum absolute atomic E-state index is 12.4. The molecule has 1 heterocycles. The molecule has 0 aliphatic heterocycles. The lowest BCUT2D eigenvalue weighted by molar-refractivity contribution is -0.127. The van der Waals surface area contributed by atoms with Gasteiger partial charge in [-0.1, -0.05) is 24.3 Å². The predicted octanol–water partition coefficient (Wildman–Crippen LogP) is 4.62. The Bertz CT molecular complexity index is 898. The van der Waals surface area contributed by atoms with Crippen LogP contribution in [0.1, 0.15) is 23.6 Å². The van der Waals surface area contributed by atoms with E-state index in [4.69, 9.17) is 0 Å². The molecule has 0 aliphatic rings. The SMILES string of the molecule is CC(SCC(=O)N(C)Cc1ccc(OC(F)F)cc1)c1nc2ccccc2[nH]1. The Hall–Kier alpha value is -2.61. The number of imidazole rings is 1. The minimum Gasteiger partial charge on any atom is -0.435 e. The summed E-state index contributed by atoms with van der Waals surface area (Å²) in [6.45, 7) is -0.439. The highest BCUT2D eigenvalue weighted by atomic mass is 32.2. The number of thioether (sulfide) groups is 1. The van der Waals surface area contributed by atoms with Crippen LogP contribution in [0.4, 0.5) is 8.78 Å². The number of para-hydroxylation sites is 2. The number of aromatic amines is 1. The molecule has 5 nitrogen and oxygen atoms in total. The zero-order valence-corrected chi connectivity index (χ0v) is 16.4. The molecule has 1 unspecified atom stereocenters. The van der Waals surface area contributed by atoms with Crippen LogP contribution >= 0.6 is 11.8 Å². The summed E-state index contributed by atoms with van der Waals surface area (Å²) >= 11 is 1.51. The molecule has 1 aromatic heterocycles. The van der Waals surface area contributed by atoms with Crippen molar-refractivity contribution in [3.8, 4) is 5.75 Å². The number of benzene rings is 2. The molecule has 148 valence electrons. The van der Waals surface area contributed by atoms with Gasteiger partial charge in [0, 0.05) is 13.6 Å². The Kier molecular flexibility index (Phi) is 6.51. The molecule has 0 fully saturated rings. The second-order valence-electron chi connectivity index (χ2n) is 6.36. The number of alkyl halides is 2. The minimum absolute atomic E-state index is 0.0131. The summed E-state index contributed by atoms with van der Waals surface area (Å²) < 4.78 is 28.7. The Morgan fingerprint density at radius 1 is 1.21 bits per heavy atom. The molecular formula is C20H21F2N3O2S. The monoisotopic (exact) mass is 405 g/mol. The minimum atomic E-state index is -2.85. The van der Waals surface area contributed by atoms with Gasteiger partial charge in [-0.05, 0) is 36.8 Å². The highest BCUT2D eigenvalue weighted by Crippen LogP contribution is 2.28. The third-order valence-corrected chi connectivity index (χ3v) is 5.38. The van der Waals surface area contributed by atoms with Crippen LogP contribution < -0.4 is 4.74 Å². The molecule has 0 aliphatic carbocycles. The first-order chi connectivity index (χ1) is 13.4. The molecule has 0 saturated heterocycles. The fourth-order valence-corrected chi connectivity index (χ4v) is 3.57. The second-order valence-corrected chi connectivity index (χ2v) is 7.69. The van der Waals surface area contributed by atoms with Crippen molar-refractivity contribution in [1.29, 1.82) is 0 Å². The largest absolute Gasteiger partial charge is 0.435 e. The first-order valence-electron chi connectivity index (χ1n) is 8.76. The molecule has 0 saturated carbocycles. The molecule has 8 heteroatoms. The van der Waals surface area contributed by atoms with Gasteiger partial charge in [-0.3, -0.25) is 4.79 Å². The van der Waals surface area contributed by atoms with E-state index in [1.165, 1.54) is 23.9 Å². The molecule has 3 rings (SSSR count). The Labute approximate surface area is 166 Å². The van der Waals surface area contributed by atoms with Crippen molar-refractivity contribution in [2.45, 2.75) is 25.3 Å². The molecule has 0 bridgehead atoms. The number of ether oxygens (including phenoxy) is 1. The lowest BCUT2D eigenvalue weighted by atomic mass is 10.2. The summed E-state index contributed by atoms with van der Waals surface area (Å²) in [5, 5.41) is 0.0514. The first kappa shape index (κ1) is 20.1. The molecular weight excluding hydrogens is 384 g/mol. The zero-order chi connectivity index (χ0) is 20.1. The van der Waals surface area contributed by atoms with Crippen LogP contribution in [0.5, 0.6) is 5.75 Å². The molecule has 1 atom stereocenters. The number of nitrogens with one attached hydrogen (secondary N) is 1. The smallest absolute Gasteiger partial charge is 0.387 e. The van der Waals surface area contributed by atoms with Crippen LogP contribution in [0.25, 0.3) is 11.0 Å². The number of hydrogen-bond acceptors (Lipinski definition) is 4. The van der Waals surface area contributed by atoms with Crippen LogP contribution in [-0.2, 0) is 11.3 Å². The third kappa shape index (κ3) is 5.22. The van der Waals surface area contributed by atoms with Gasteiger partial charge in [-0.2, -0.15) is 8.78 Å². The topological polar surface area (TPSA) is 58.2 Å². The maximum atomic E-state index is 12.4. The van der Waals surface area contributed by atoms with Crippen molar-refractivity contribution in [3.63, 3.8) is 0 Å². The van der Waals surface area contributed by atoms with Crippen molar-refractivity contribution >= 4 is 28.7 Å². The third-order valence-electron chi connectivity index (χ3n) is 4.24. The summed E-state index contributed by atoms with van der Waals surface area (Å²) in [6.07, 6.45) is 0. The van der Waals surface area contributed by atoms with Crippen molar-refractivity contribution in [1.82, 2.24) is 14.9 Å². The van der Waals surface area contributed by atoms with E-state index in [1.54, 1.807) is 24.1 Å². The van der Waals surface area contributed by atoms with Crippen LogP contribution in [0.15, 0.2) is 48.5 Å². The average molecular weight is 405 g/mol. The number of amides is 1. The lowest BCUT2D eigenvalue weighted by Crippen LogP contribution is -2.28. The van der Waals surface area contributed by atoms with E-state index in [9.17, 15) is 13.6 Å². The number of rotatable bonds is 8. The summed E-state index contributed by atoms with van der Waals surface area (Å²) in [5.41, 5.74) is 2.73. The first-order valence-corrected chi connectivity index (χ1v) is 9.81. The number of halogens is 2. The lowest BCUT2D eigenvalue weighted by Gasteiger charge is -2.18. The number of hydrogen-bond donors (Lipinski definition) is 1. The van der Waals surface area contributed by atoms with Gasteiger partial charge in [-0.25, -0.2) is 4.98 Å². The van der Waals surface area contributed by atoms with E-state index < -0.39 is 6.61 Å². The van der Waals surface area contributed by atoms with Gasteiger partial charge in [0.1, 0.15) is 11.6 Å². The van der Waals surface area contributed by atoms with Gasteiger partial charge in [-0.15, -0.1) is 11.8 Å². The average Bonchev–Trinajstić information content (AvgIpc) is 3.11. The maximum Gasteiger partial charge on any atom is 0.387 e. The van der Waals surface area contributed by atoms with Crippen LogP contribution in [0.3, 0.4) is 0 Å². The van der Waals surface area contributed by atoms with Crippen molar-refractivity contribution in [2.24, 2.45) is 0 Å². The molecule has 0 spiro atoms. The van der Waals surface area contributed by atoms with Gasteiger partial charge in [0.05, 0.1) is 22.0 Å². The predicted molar refractivity (Wildman–Crippen MR) is 107 cm³/mol. The number of aromatic nitrogens is 2. The summed E-state index contributed by atoms with van der Waals surface area (Å²) in [5.74, 6) is 1.25. The highest BCUT2D eigenvalue weighted by molar-refractivity contribution is 8.00.